The minimum Gasteiger partial charge on any atom is -0.461 e. The molecule has 30 heavy (non-hydrogen) atoms. The molecular formula is C24H22ClF3O2. The number of hydrogen-bond acceptors (Lipinski definition) is 2. The maximum Gasteiger partial charge on any atom is 0.426 e. The highest BCUT2D eigenvalue weighted by molar-refractivity contribution is 6.30. The van der Waals surface area contributed by atoms with Crippen molar-refractivity contribution in [2.75, 3.05) is 0 Å². The summed E-state index contributed by atoms with van der Waals surface area (Å²) in [6, 6.07) is 16.1. The standard InChI is InChI=1S/C24H22ClF3O2/c1-23(2)19(13-20(25)24(26,27)28)21(23)22(29)30-16-11-15-9-6-10-17(18(15)12-16)14-7-4-3-5-8-14/h3-10,13,16,19,21H,11-12H2,1-2H3/b20-13-/t16?,19?,21-/m1/s1. The fraction of sp³-hybridized carbons (Fsp3) is 0.375. The third kappa shape index (κ3) is 3.87. The van der Waals surface area contributed by atoms with Crippen molar-refractivity contribution < 1.29 is 22.7 Å². The molecule has 6 heteroatoms. The molecule has 2 unspecified atom stereocenters. The minimum atomic E-state index is -4.60. The van der Waals surface area contributed by atoms with Crippen molar-refractivity contribution in [1.82, 2.24) is 0 Å². The Morgan fingerprint density at radius 2 is 1.80 bits per heavy atom. The van der Waals surface area contributed by atoms with Crippen LogP contribution in [0.2, 0.25) is 0 Å². The van der Waals surface area contributed by atoms with Crippen LogP contribution in [0.4, 0.5) is 13.2 Å². The Balaban J connectivity index is 1.47. The average molecular weight is 435 g/mol. The highest BCUT2D eigenvalue weighted by Gasteiger charge is 2.62. The molecule has 2 nitrogen and oxygen atoms in total. The predicted octanol–water partition coefficient (Wildman–Crippen LogP) is 6.32. The number of halogens is 4. The second kappa shape index (κ2) is 7.45. The number of alkyl halides is 3. The lowest BCUT2D eigenvalue weighted by Crippen LogP contribution is -2.21. The maximum atomic E-state index is 12.8. The number of ether oxygens (including phenoxy) is 1. The van der Waals surface area contributed by atoms with E-state index in [1.807, 2.05) is 42.5 Å². The molecular weight excluding hydrogens is 413 g/mol. The zero-order valence-electron chi connectivity index (χ0n) is 16.7. The molecule has 0 spiro atoms. The van der Waals surface area contributed by atoms with Crippen molar-refractivity contribution in [3.63, 3.8) is 0 Å². The fourth-order valence-electron chi connectivity index (χ4n) is 4.51. The van der Waals surface area contributed by atoms with Gasteiger partial charge in [0.2, 0.25) is 0 Å². The summed E-state index contributed by atoms with van der Waals surface area (Å²) in [5.41, 5.74) is 3.92. The third-order valence-corrected chi connectivity index (χ3v) is 6.62. The first-order valence-electron chi connectivity index (χ1n) is 9.90. The quantitative estimate of drug-likeness (QED) is 0.526. The Labute approximate surface area is 178 Å². The monoisotopic (exact) mass is 434 g/mol. The summed E-state index contributed by atoms with van der Waals surface area (Å²) in [5, 5.41) is -1.18. The Hall–Kier alpha value is -2.27. The number of carbonyl (C=O) groups excluding carboxylic acids is 1. The van der Waals surface area contributed by atoms with Gasteiger partial charge in [0, 0.05) is 12.8 Å². The first-order valence-corrected chi connectivity index (χ1v) is 10.3. The Bertz CT molecular complexity index is 995. The van der Waals surface area contributed by atoms with Crippen molar-refractivity contribution in [2.24, 2.45) is 17.3 Å². The van der Waals surface area contributed by atoms with E-state index < -0.39 is 34.4 Å². The van der Waals surface area contributed by atoms with Crippen molar-refractivity contribution >= 4 is 17.6 Å². The Morgan fingerprint density at radius 1 is 1.10 bits per heavy atom. The summed E-state index contributed by atoms with van der Waals surface area (Å²) in [5.74, 6) is -1.65. The molecule has 2 aliphatic carbocycles. The van der Waals surface area contributed by atoms with Crippen LogP contribution in [-0.2, 0) is 22.4 Å². The first kappa shape index (κ1) is 21.0. The largest absolute Gasteiger partial charge is 0.461 e. The van der Waals surface area contributed by atoms with Crippen molar-refractivity contribution in [2.45, 2.75) is 39.0 Å². The molecule has 1 saturated carbocycles. The summed E-state index contributed by atoms with van der Waals surface area (Å²) in [6.07, 6.45) is -2.75. The van der Waals surface area contributed by atoms with Gasteiger partial charge < -0.3 is 4.74 Å². The number of allylic oxidation sites excluding steroid dienone is 2. The fourth-order valence-corrected chi connectivity index (χ4v) is 4.65. The summed E-state index contributed by atoms with van der Waals surface area (Å²) in [4.78, 5) is 12.7. The summed E-state index contributed by atoms with van der Waals surface area (Å²) < 4.78 is 44.0. The summed E-state index contributed by atoms with van der Waals surface area (Å²) in [6.45, 7) is 3.52. The number of rotatable bonds is 4. The van der Waals surface area contributed by atoms with Crippen LogP contribution >= 0.6 is 11.6 Å². The van der Waals surface area contributed by atoms with Crippen molar-refractivity contribution in [3.8, 4) is 11.1 Å². The molecule has 0 heterocycles. The number of esters is 1. The van der Waals surface area contributed by atoms with Crippen LogP contribution in [0.5, 0.6) is 0 Å². The molecule has 0 bridgehead atoms. The van der Waals surface area contributed by atoms with Gasteiger partial charge in [0.05, 0.1) is 5.92 Å². The van der Waals surface area contributed by atoms with E-state index in [9.17, 15) is 18.0 Å². The lowest BCUT2D eigenvalue weighted by atomic mass is 9.97. The van der Waals surface area contributed by atoms with Gasteiger partial charge in [-0.3, -0.25) is 4.79 Å². The lowest BCUT2D eigenvalue weighted by molar-refractivity contribution is -0.151. The lowest BCUT2D eigenvalue weighted by Gasteiger charge is -2.12. The van der Waals surface area contributed by atoms with Gasteiger partial charge in [-0.05, 0) is 33.6 Å². The summed E-state index contributed by atoms with van der Waals surface area (Å²) in [7, 11) is 0. The molecule has 2 aromatic rings. The van der Waals surface area contributed by atoms with E-state index in [-0.39, 0.29) is 6.10 Å². The second-order valence-corrected chi connectivity index (χ2v) is 9.02. The Morgan fingerprint density at radius 3 is 2.47 bits per heavy atom. The molecule has 0 aromatic heterocycles. The van der Waals surface area contributed by atoms with Gasteiger partial charge in [0.25, 0.3) is 0 Å². The smallest absolute Gasteiger partial charge is 0.426 e. The molecule has 1 fully saturated rings. The van der Waals surface area contributed by atoms with Crippen molar-refractivity contribution in [1.29, 1.82) is 0 Å². The topological polar surface area (TPSA) is 26.3 Å². The van der Waals surface area contributed by atoms with Crippen LogP contribution in [0.25, 0.3) is 11.1 Å². The van der Waals surface area contributed by atoms with Crippen LogP contribution in [0, 0.1) is 17.3 Å². The van der Waals surface area contributed by atoms with E-state index in [1.54, 1.807) is 13.8 Å². The normalized spacial score (nSPS) is 25.0. The van der Waals surface area contributed by atoms with Gasteiger partial charge in [-0.15, -0.1) is 0 Å². The SMILES string of the molecule is CC1(C)C(/C=C(\Cl)C(F)(F)F)[C@@H]1C(=O)OC1Cc2cccc(-c3ccccc3)c2C1. The number of carbonyl (C=O) groups is 1. The van der Waals surface area contributed by atoms with Gasteiger partial charge in [0.15, 0.2) is 0 Å². The molecule has 158 valence electrons. The van der Waals surface area contributed by atoms with E-state index in [0.717, 1.165) is 28.3 Å². The zero-order chi connectivity index (χ0) is 21.7. The van der Waals surface area contributed by atoms with Gasteiger partial charge >= 0.3 is 12.1 Å². The van der Waals surface area contributed by atoms with Gasteiger partial charge in [0.1, 0.15) is 11.1 Å². The molecule has 0 amide bonds. The molecule has 2 aliphatic rings. The maximum absolute atomic E-state index is 12.8. The van der Waals surface area contributed by atoms with Gasteiger partial charge in [-0.2, -0.15) is 13.2 Å². The van der Waals surface area contributed by atoms with Crippen LogP contribution in [-0.4, -0.2) is 18.2 Å². The Kier molecular flexibility index (Phi) is 5.21. The van der Waals surface area contributed by atoms with Crippen LogP contribution in [0.15, 0.2) is 59.6 Å². The predicted molar refractivity (Wildman–Crippen MR) is 110 cm³/mol. The van der Waals surface area contributed by atoms with Crippen LogP contribution in [0.1, 0.15) is 25.0 Å². The van der Waals surface area contributed by atoms with E-state index in [1.165, 1.54) is 0 Å². The molecule has 0 aliphatic heterocycles. The van der Waals surface area contributed by atoms with E-state index in [0.29, 0.717) is 12.8 Å². The molecule has 0 N–H and O–H groups in total. The first-order chi connectivity index (χ1) is 14.1. The highest BCUT2D eigenvalue weighted by Crippen LogP contribution is 2.60. The van der Waals surface area contributed by atoms with Gasteiger partial charge in [-0.1, -0.05) is 80.1 Å². The summed E-state index contributed by atoms with van der Waals surface area (Å²) >= 11 is 5.38. The average Bonchev–Trinajstić information content (AvgIpc) is 3.01. The molecule has 0 saturated heterocycles. The molecule has 4 rings (SSSR count). The zero-order valence-corrected chi connectivity index (χ0v) is 17.4. The minimum absolute atomic E-state index is 0.309. The highest BCUT2D eigenvalue weighted by atomic mass is 35.5. The number of fused-ring (bicyclic) bond motifs is 1. The second-order valence-electron chi connectivity index (χ2n) is 8.61. The van der Waals surface area contributed by atoms with Crippen molar-refractivity contribution in [3.05, 3.63) is 70.8 Å². The van der Waals surface area contributed by atoms with Crippen LogP contribution in [0.3, 0.4) is 0 Å². The molecule has 3 atom stereocenters. The van der Waals surface area contributed by atoms with E-state index in [2.05, 4.69) is 6.07 Å². The van der Waals surface area contributed by atoms with E-state index in [4.69, 9.17) is 16.3 Å². The molecule has 2 aromatic carbocycles. The van der Waals surface area contributed by atoms with E-state index >= 15 is 0 Å². The number of hydrogen-bond donors (Lipinski definition) is 0. The molecule has 0 radical (unpaired) electrons. The van der Waals surface area contributed by atoms with Gasteiger partial charge in [-0.25, -0.2) is 0 Å². The third-order valence-electron chi connectivity index (χ3n) is 6.28. The number of benzene rings is 2. The van der Waals surface area contributed by atoms with Crippen LogP contribution < -0.4 is 0 Å².